The summed E-state index contributed by atoms with van der Waals surface area (Å²) in [4.78, 5) is 0. The highest BCUT2D eigenvalue weighted by atomic mass is 31.1. The molecule has 0 aliphatic heterocycles. The van der Waals surface area contributed by atoms with Crippen LogP contribution in [-0.2, 0) is 13.6 Å². The Morgan fingerprint density at radius 1 is 1.36 bits per heavy atom. The Hall–Kier alpha value is -0.400. The van der Waals surface area contributed by atoms with E-state index >= 15 is 0 Å². The predicted octanol–water partition coefficient (Wildman–Crippen LogP) is 3.14. The number of alkyl halides is 1. The lowest BCUT2D eigenvalue weighted by molar-refractivity contribution is 0.243. The Bertz CT molecular complexity index is 180. The van der Waals surface area contributed by atoms with Crippen molar-refractivity contribution in [2.45, 2.75) is 20.8 Å². The molecule has 0 aromatic carbocycles. The van der Waals surface area contributed by atoms with E-state index in [9.17, 15) is 8.96 Å². The zero-order valence-corrected chi connectivity index (χ0v) is 9.88. The third-order valence-electron chi connectivity index (χ3n) is 0.886. The number of hydrogen-bond acceptors (Lipinski definition) is 3. The van der Waals surface area contributed by atoms with Crippen molar-refractivity contribution < 1.29 is 18.0 Å². The summed E-state index contributed by atoms with van der Waals surface area (Å²) < 4.78 is 30.6. The highest BCUT2D eigenvalue weighted by molar-refractivity contribution is 7.33. The molecule has 5 heteroatoms. The molecule has 0 aliphatic rings. The summed E-state index contributed by atoms with van der Waals surface area (Å²) in [6.07, 6.45) is 3.00. The summed E-state index contributed by atoms with van der Waals surface area (Å²) in [6.45, 7) is 5.86. The van der Waals surface area contributed by atoms with E-state index in [2.05, 4.69) is 14.8 Å². The van der Waals surface area contributed by atoms with Gasteiger partial charge in [-0.05, 0) is 32.9 Å². The van der Waals surface area contributed by atoms with Crippen LogP contribution in [0.25, 0.3) is 0 Å². The third-order valence-corrected chi connectivity index (χ3v) is 1.93. The van der Waals surface area contributed by atoms with Gasteiger partial charge in [0.2, 0.25) is 0 Å². The van der Waals surface area contributed by atoms with Gasteiger partial charge in [0.15, 0.2) is 0 Å². The van der Waals surface area contributed by atoms with E-state index in [-0.39, 0.29) is 0 Å². The van der Waals surface area contributed by atoms with Crippen LogP contribution in [0.5, 0.6) is 0 Å². The van der Waals surface area contributed by atoms with Crippen molar-refractivity contribution in [3.8, 4) is 0 Å². The van der Waals surface area contributed by atoms with Gasteiger partial charge in [-0.2, -0.15) is 0 Å². The van der Waals surface area contributed by atoms with E-state index in [0.717, 1.165) is 0 Å². The molecular weight excluding hydrogens is 206 g/mol. The van der Waals surface area contributed by atoms with Crippen LogP contribution in [0.4, 0.5) is 4.39 Å². The lowest BCUT2D eigenvalue weighted by Crippen LogP contribution is -1.81. The van der Waals surface area contributed by atoms with Gasteiger partial charge in [-0.3, -0.25) is 4.57 Å². The molecule has 0 fully saturated rings. The molecule has 0 spiro atoms. The van der Waals surface area contributed by atoms with Gasteiger partial charge in [0.05, 0.1) is 13.2 Å². The molecule has 0 saturated heterocycles. The van der Waals surface area contributed by atoms with Gasteiger partial charge in [0.25, 0.3) is 0 Å². The SMILES string of the molecule is CC=C=CCF.CCO[PH](=O)OCC. The topological polar surface area (TPSA) is 35.5 Å². The second-order valence-electron chi connectivity index (χ2n) is 1.93. The Labute approximate surface area is 85.6 Å². The molecule has 3 nitrogen and oxygen atoms in total. The van der Waals surface area contributed by atoms with Crippen LogP contribution in [0.15, 0.2) is 17.9 Å². The van der Waals surface area contributed by atoms with Crippen LogP contribution in [0.3, 0.4) is 0 Å². The van der Waals surface area contributed by atoms with Crippen LogP contribution in [-0.4, -0.2) is 19.9 Å². The molecule has 0 bridgehead atoms. The lowest BCUT2D eigenvalue weighted by Gasteiger charge is -1.97. The minimum atomic E-state index is -2.14. The summed E-state index contributed by atoms with van der Waals surface area (Å²) in [5.74, 6) is 0. The second-order valence-corrected chi connectivity index (χ2v) is 3.01. The maximum Gasteiger partial charge on any atom is 0.319 e. The molecular formula is C9H18FO3P. The molecule has 0 amide bonds. The third kappa shape index (κ3) is 17.6. The molecule has 0 unspecified atom stereocenters. The Balaban J connectivity index is 0. The normalized spacial score (nSPS) is 8.64. The monoisotopic (exact) mass is 224 g/mol. The first kappa shape index (κ1) is 16.0. The number of rotatable bonds is 5. The average Bonchev–Trinajstić information content (AvgIpc) is 2.16. The van der Waals surface area contributed by atoms with Crippen molar-refractivity contribution in [2.24, 2.45) is 0 Å². The van der Waals surface area contributed by atoms with Crippen molar-refractivity contribution in [1.29, 1.82) is 0 Å². The molecule has 0 atom stereocenters. The molecule has 0 aliphatic carbocycles. The number of halogens is 1. The highest BCUT2D eigenvalue weighted by Crippen LogP contribution is 2.21. The van der Waals surface area contributed by atoms with E-state index in [4.69, 9.17) is 0 Å². The van der Waals surface area contributed by atoms with Crippen LogP contribution in [0, 0.1) is 0 Å². The molecule has 84 valence electrons. The molecule has 0 aromatic heterocycles. The zero-order chi connectivity index (χ0) is 11.2. The molecule has 0 rings (SSSR count). The summed E-state index contributed by atoms with van der Waals surface area (Å²) in [5.41, 5.74) is 2.57. The van der Waals surface area contributed by atoms with Crippen LogP contribution in [0.2, 0.25) is 0 Å². The second kappa shape index (κ2) is 15.1. The van der Waals surface area contributed by atoms with Gasteiger partial charge in [0.1, 0.15) is 6.67 Å². The fraction of sp³-hybridized carbons (Fsp3) is 0.667. The summed E-state index contributed by atoms with van der Waals surface area (Å²) in [5, 5.41) is 0. The standard InChI is InChI=1S/C5H7F.C4H11O3P/c1-2-3-4-5-6;1-3-6-8(5)7-4-2/h2,4H,5H2,1H3;8H,3-4H2,1-2H3. The van der Waals surface area contributed by atoms with Gasteiger partial charge < -0.3 is 9.05 Å². The minimum absolute atomic E-state index is 0.412. The van der Waals surface area contributed by atoms with E-state index in [1.807, 2.05) is 0 Å². The van der Waals surface area contributed by atoms with E-state index < -0.39 is 14.9 Å². The Kier molecular flexibility index (Phi) is 17.3. The van der Waals surface area contributed by atoms with Crippen molar-refractivity contribution in [3.63, 3.8) is 0 Å². The van der Waals surface area contributed by atoms with Gasteiger partial charge in [-0.15, -0.1) is 5.73 Å². The maximum atomic E-state index is 11.0. The first-order valence-electron chi connectivity index (χ1n) is 4.43. The van der Waals surface area contributed by atoms with Crippen LogP contribution in [0.1, 0.15) is 20.8 Å². The van der Waals surface area contributed by atoms with Crippen molar-refractivity contribution in [1.82, 2.24) is 0 Å². The quantitative estimate of drug-likeness (QED) is 0.531. The maximum absolute atomic E-state index is 11.0. The molecule has 14 heavy (non-hydrogen) atoms. The fourth-order valence-electron chi connectivity index (χ4n) is 0.440. The molecule has 0 N–H and O–H groups in total. The highest BCUT2D eigenvalue weighted by Gasteiger charge is 1.91. The molecule has 0 radical (unpaired) electrons. The van der Waals surface area contributed by atoms with Crippen LogP contribution < -0.4 is 0 Å². The number of allylic oxidation sites excluding steroid dienone is 1. The van der Waals surface area contributed by atoms with Gasteiger partial charge in [-0.1, -0.05) is 0 Å². The van der Waals surface area contributed by atoms with Crippen molar-refractivity contribution in [3.05, 3.63) is 17.9 Å². The summed E-state index contributed by atoms with van der Waals surface area (Å²) in [7, 11) is -2.14. The predicted molar refractivity (Wildman–Crippen MR) is 56.6 cm³/mol. The summed E-state index contributed by atoms with van der Waals surface area (Å²) in [6, 6.07) is 0. The zero-order valence-electron chi connectivity index (χ0n) is 8.88. The van der Waals surface area contributed by atoms with E-state index in [0.29, 0.717) is 13.2 Å². The number of hydrogen-bond donors (Lipinski definition) is 0. The van der Waals surface area contributed by atoms with Crippen molar-refractivity contribution in [2.75, 3.05) is 19.9 Å². The Morgan fingerprint density at radius 2 is 1.86 bits per heavy atom. The smallest absolute Gasteiger partial charge is 0.311 e. The van der Waals surface area contributed by atoms with Gasteiger partial charge >= 0.3 is 8.25 Å². The summed E-state index contributed by atoms with van der Waals surface area (Å²) >= 11 is 0. The van der Waals surface area contributed by atoms with Gasteiger partial charge in [0, 0.05) is 0 Å². The Morgan fingerprint density at radius 3 is 2.07 bits per heavy atom. The average molecular weight is 224 g/mol. The largest absolute Gasteiger partial charge is 0.319 e. The molecule has 0 aromatic rings. The van der Waals surface area contributed by atoms with Crippen LogP contribution >= 0.6 is 8.25 Å². The molecule has 0 saturated carbocycles. The molecule has 0 heterocycles. The van der Waals surface area contributed by atoms with Gasteiger partial charge in [-0.25, -0.2) is 4.39 Å². The fourth-order valence-corrected chi connectivity index (χ4v) is 0.995. The lowest BCUT2D eigenvalue weighted by atomic mass is 10.6. The van der Waals surface area contributed by atoms with Crippen molar-refractivity contribution >= 4 is 8.25 Å². The minimum Gasteiger partial charge on any atom is -0.311 e. The first-order valence-corrected chi connectivity index (χ1v) is 5.66. The van der Waals surface area contributed by atoms with E-state index in [1.54, 1.807) is 26.8 Å². The first-order chi connectivity index (χ1) is 6.72. The van der Waals surface area contributed by atoms with E-state index in [1.165, 1.54) is 6.08 Å².